The molecule has 1 N–H and O–H groups in total. The molecule has 1 fully saturated rings. The highest BCUT2D eigenvalue weighted by Gasteiger charge is 2.41. The van der Waals surface area contributed by atoms with Gasteiger partial charge in [0.2, 0.25) is 0 Å². The van der Waals surface area contributed by atoms with Gasteiger partial charge in [0, 0.05) is 0 Å². The van der Waals surface area contributed by atoms with Crippen LogP contribution in [-0.4, -0.2) is 48.2 Å². The van der Waals surface area contributed by atoms with Gasteiger partial charge in [0.05, 0.1) is 13.0 Å². The molecular weight excluding hydrogens is 234 g/mol. The van der Waals surface area contributed by atoms with E-state index in [1.165, 1.54) is 7.11 Å². The Morgan fingerprint density at radius 2 is 2.11 bits per heavy atom. The van der Waals surface area contributed by atoms with Gasteiger partial charge in [-0.15, -0.1) is 0 Å². The quantitative estimate of drug-likeness (QED) is 0.577. The van der Waals surface area contributed by atoms with Gasteiger partial charge in [0.1, 0.15) is 6.04 Å². The van der Waals surface area contributed by atoms with Gasteiger partial charge in [-0.25, -0.2) is 0 Å². The van der Waals surface area contributed by atoms with Crippen molar-refractivity contribution in [1.29, 1.82) is 0 Å². The molecular formula is C13H23NO4. The summed E-state index contributed by atoms with van der Waals surface area (Å²) in [5, 5.41) is 9.21. The summed E-state index contributed by atoms with van der Waals surface area (Å²) >= 11 is 0. The fourth-order valence-electron chi connectivity index (χ4n) is 2.57. The molecule has 1 heterocycles. The number of carbonyl (C=O) groups excluding carboxylic acids is 1. The van der Waals surface area contributed by atoms with Gasteiger partial charge in [0.25, 0.3) is 0 Å². The van der Waals surface area contributed by atoms with Gasteiger partial charge in [0.15, 0.2) is 0 Å². The molecule has 0 aliphatic carbocycles. The van der Waals surface area contributed by atoms with Gasteiger partial charge in [-0.3, -0.25) is 14.5 Å². The molecule has 5 nitrogen and oxygen atoms in total. The molecule has 2 atom stereocenters. The highest BCUT2D eigenvalue weighted by atomic mass is 16.5. The Hall–Kier alpha value is -1.10. The summed E-state index contributed by atoms with van der Waals surface area (Å²) < 4.78 is 4.76. The van der Waals surface area contributed by atoms with Crippen molar-refractivity contribution in [3.05, 3.63) is 0 Å². The number of hydrogen-bond acceptors (Lipinski definition) is 4. The third-order valence-electron chi connectivity index (χ3n) is 3.54. The zero-order chi connectivity index (χ0) is 13.5. The van der Waals surface area contributed by atoms with E-state index in [2.05, 4.69) is 6.92 Å². The molecule has 0 spiro atoms. The third kappa shape index (κ3) is 3.70. The van der Waals surface area contributed by atoms with Gasteiger partial charge < -0.3 is 9.84 Å². The Morgan fingerprint density at radius 1 is 1.39 bits per heavy atom. The number of carboxylic acid groups (broad SMARTS) is 1. The Labute approximate surface area is 108 Å². The van der Waals surface area contributed by atoms with Crippen molar-refractivity contribution < 1.29 is 19.4 Å². The Kier molecular flexibility index (Phi) is 6.12. The van der Waals surface area contributed by atoms with Crippen LogP contribution in [0.2, 0.25) is 0 Å². The molecule has 0 saturated carbocycles. The van der Waals surface area contributed by atoms with Crippen molar-refractivity contribution in [2.24, 2.45) is 5.92 Å². The summed E-state index contributed by atoms with van der Waals surface area (Å²) in [6, 6.07) is -0.613. The first-order chi connectivity index (χ1) is 8.61. The number of rotatable bonds is 6. The standard InChI is InChI=1S/C13H23NO4/c1-3-4-5-8-14-9-6-7-10(12(15)16)11(14)13(17)18-2/h10-11H,3-9H2,1-2H3,(H,15,16). The number of likely N-dealkylation sites (tertiary alicyclic amines) is 1. The largest absolute Gasteiger partial charge is 0.481 e. The highest BCUT2D eigenvalue weighted by molar-refractivity contribution is 5.84. The summed E-state index contributed by atoms with van der Waals surface area (Å²) in [4.78, 5) is 25.0. The maximum absolute atomic E-state index is 11.8. The lowest BCUT2D eigenvalue weighted by atomic mass is 9.89. The second-order valence-corrected chi connectivity index (χ2v) is 4.80. The molecule has 0 aromatic heterocycles. The molecule has 1 aliphatic rings. The molecule has 18 heavy (non-hydrogen) atoms. The predicted octanol–water partition coefficient (Wildman–Crippen LogP) is 1.51. The highest BCUT2D eigenvalue weighted by Crippen LogP contribution is 2.25. The molecule has 0 radical (unpaired) electrons. The van der Waals surface area contributed by atoms with Crippen LogP contribution in [0.4, 0.5) is 0 Å². The number of carboxylic acids is 1. The van der Waals surface area contributed by atoms with Crippen LogP contribution in [0.15, 0.2) is 0 Å². The summed E-state index contributed by atoms with van der Waals surface area (Å²) in [6.07, 6.45) is 4.59. The van der Waals surface area contributed by atoms with Crippen molar-refractivity contribution in [1.82, 2.24) is 4.90 Å². The second-order valence-electron chi connectivity index (χ2n) is 4.80. The number of aliphatic carboxylic acids is 1. The fourth-order valence-corrected chi connectivity index (χ4v) is 2.57. The lowest BCUT2D eigenvalue weighted by molar-refractivity contribution is -0.160. The van der Waals surface area contributed by atoms with Crippen LogP contribution in [-0.2, 0) is 14.3 Å². The van der Waals surface area contributed by atoms with Crippen molar-refractivity contribution in [2.45, 2.75) is 45.1 Å². The molecule has 0 aromatic rings. The topological polar surface area (TPSA) is 66.8 Å². The first-order valence-electron chi connectivity index (χ1n) is 6.66. The van der Waals surface area contributed by atoms with E-state index >= 15 is 0 Å². The summed E-state index contributed by atoms with van der Waals surface area (Å²) in [7, 11) is 1.32. The number of methoxy groups -OCH3 is 1. The zero-order valence-corrected chi connectivity index (χ0v) is 11.2. The first kappa shape index (κ1) is 15.0. The maximum Gasteiger partial charge on any atom is 0.323 e. The van der Waals surface area contributed by atoms with Gasteiger partial charge >= 0.3 is 11.9 Å². The molecule has 2 unspecified atom stereocenters. The van der Waals surface area contributed by atoms with Crippen molar-refractivity contribution in [2.75, 3.05) is 20.2 Å². The Balaban J connectivity index is 2.72. The predicted molar refractivity (Wildman–Crippen MR) is 67.3 cm³/mol. The Morgan fingerprint density at radius 3 is 2.67 bits per heavy atom. The maximum atomic E-state index is 11.8. The monoisotopic (exact) mass is 257 g/mol. The molecule has 1 saturated heterocycles. The molecule has 1 aliphatic heterocycles. The number of piperidine rings is 1. The van der Waals surface area contributed by atoms with Crippen molar-refractivity contribution >= 4 is 11.9 Å². The van der Waals surface area contributed by atoms with Crippen molar-refractivity contribution in [3.63, 3.8) is 0 Å². The Bertz CT molecular complexity index is 293. The van der Waals surface area contributed by atoms with Crippen LogP contribution < -0.4 is 0 Å². The molecule has 0 aromatic carbocycles. The number of ether oxygens (including phenoxy) is 1. The number of carbonyl (C=O) groups is 2. The minimum Gasteiger partial charge on any atom is -0.481 e. The third-order valence-corrected chi connectivity index (χ3v) is 3.54. The van der Waals surface area contributed by atoms with E-state index in [0.717, 1.165) is 38.8 Å². The first-order valence-corrected chi connectivity index (χ1v) is 6.66. The average Bonchev–Trinajstić information content (AvgIpc) is 2.37. The van der Waals surface area contributed by atoms with Crippen LogP contribution in [0.1, 0.15) is 39.0 Å². The van der Waals surface area contributed by atoms with E-state index in [1.807, 2.05) is 4.90 Å². The summed E-state index contributed by atoms with van der Waals surface area (Å²) in [5.41, 5.74) is 0. The van der Waals surface area contributed by atoms with Crippen LogP contribution in [0, 0.1) is 5.92 Å². The van der Waals surface area contributed by atoms with Crippen LogP contribution in [0.25, 0.3) is 0 Å². The molecule has 1 rings (SSSR count). The lowest BCUT2D eigenvalue weighted by Gasteiger charge is -2.37. The number of nitrogens with zero attached hydrogens (tertiary/aromatic N) is 1. The molecule has 104 valence electrons. The van der Waals surface area contributed by atoms with Crippen LogP contribution in [0.5, 0.6) is 0 Å². The second kappa shape index (κ2) is 7.36. The lowest BCUT2D eigenvalue weighted by Crippen LogP contribution is -2.53. The van der Waals surface area contributed by atoms with E-state index in [-0.39, 0.29) is 0 Å². The van der Waals surface area contributed by atoms with Gasteiger partial charge in [-0.2, -0.15) is 0 Å². The van der Waals surface area contributed by atoms with Crippen molar-refractivity contribution in [3.8, 4) is 0 Å². The average molecular weight is 257 g/mol. The van der Waals surface area contributed by atoms with E-state index < -0.39 is 23.9 Å². The minimum atomic E-state index is -0.898. The van der Waals surface area contributed by atoms with E-state index in [4.69, 9.17) is 4.74 Å². The van der Waals surface area contributed by atoms with Gasteiger partial charge in [-0.05, 0) is 32.4 Å². The summed E-state index contributed by atoms with van der Waals surface area (Å²) in [5.74, 6) is -1.95. The van der Waals surface area contributed by atoms with E-state index in [9.17, 15) is 14.7 Å². The minimum absolute atomic E-state index is 0.418. The van der Waals surface area contributed by atoms with Crippen LogP contribution in [0.3, 0.4) is 0 Å². The van der Waals surface area contributed by atoms with Crippen LogP contribution >= 0.6 is 0 Å². The summed E-state index contributed by atoms with van der Waals surface area (Å²) in [6.45, 7) is 3.68. The molecule has 0 bridgehead atoms. The SMILES string of the molecule is CCCCCN1CCCC(C(=O)O)C1C(=O)OC. The zero-order valence-electron chi connectivity index (χ0n) is 11.2. The number of esters is 1. The van der Waals surface area contributed by atoms with Gasteiger partial charge in [-0.1, -0.05) is 19.8 Å². The fraction of sp³-hybridized carbons (Fsp3) is 0.846. The van der Waals surface area contributed by atoms with E-state index in [1.54, 1.807) is 0 Å². The number of unbranched alkanes of at least 4 members (excludes halogenated alkanes) is 2. The smallest absolute Gasteiger partial charge is 0.323 e. The van der Waals surface area contributed by atoms with E-state index in [0.29, 0.717) is 6.42 Å². The number of hydrogen-bond donors (Lipinski definition) is 1. The molecule has 5 heteroatoms. The normalized spacial score (nSPS) is 24.8. The molecule has 0 amide bonds.